The zero-order valence-electron chi connectivity index (χ0n) is 9.14. The third-order valence-electron chi connectivity index (χ3n) is 2.11. The molecule has 0 bridgehead atoms. The Morgan fingerprint density at radius 2 is 1.94 bits per heavy atom. The number of aromatic hydroxyl groups is 1. The fourth-order valence-electron chi connectivity index (χ4n) is 1.19. The highest BCUT2D eigenvalue weighted by Crippen LogP contribution is 2.18. The Labute approximate surface area is 95.5 Å². The van der Waals surface area contributed by atoms with Gasteiger partial charge in [-0.25, -0.2) is 0 Å². The lowest BCUT2D eigenvalue weighted by molar-refractivity contribution is 0.475. The molecule has 16 heavy (non-hydrogen) atoms. The van der Waals surface area contributed by atoms with Crippen LogP contribution in [0.3, 0.4) is 0 Å². The number of allylic oxidation sites excluding steroid dienone is 5. The molecule has 0 aliphatic rings. The van der Waals surface area contributed by atoms with E-state index >= 15 is 0 Å². The highest BCUT2D eigenvalue weighted by atomic mass is 16.3. The van der Waals surface area contributed by atoms with Gasteiger partial charge in [-0.1, -0.05) is 30.9 Å². The zero-order valence-corrected chi connectivity index (χ0v) is 9.14. The van der Waals surface area contributed by atoms with Crippen LogP contribution in [0.15, 0.2) is 54.6 Å². The molecule has 0 aromatic heterocycles. The van der Waals surface area contributed by atoms with Crippen molar-refractivity contribution in [3.8, 4) is 11.8 Å². The summed E-state index contributed by atoms with van der Waals surface area (Å²) in [6.45, 7) is 5.46. The predicted octanol–water partition coefficient (Wildman–Crippen LogP) is 3.43. The van der Waals surface area contributed by atoms with Gasteiger partial charge in [-0.15, -0.1) is 0 Å². The molecule has 0 spiro atoms. The van der Waals surface area contributed by atoms with Crippen LogP contribution in [0, 0.1) is 11.3 Å². The second kappa shape index (κ2) is 5.57. The first-order chi connectivity index (χ1) is 7.67. The number of nitriles is 1. The van der Waals surface area contributed by atoms with Crippen LogP contribution in [-0.4, -0.2) is 5.11 Å². The summed E-state index contributed by atoms with van der Waals surface area (Å²) in [7, 11) is 0. The van der Waals surface area contributed by atoms with Gasteiger partial charge in [0.1, 0.15) is 5.75 Å². The van der Waals surface area contributed by atoms with E-state index in [1.807, 2.05) is 12.1 Å². The fraction of sp³-hybridized carbons (Fsp3) is 0.0714. The van der Waals surface area contributed by atoms with E-state index in [4.69, 9.17) is 10.4 Å². The Hall–Kier alpha value is -2.27. The molecule has 0 heterocycles. The normalized spacial score (nSPS) is 12.0. The summed E-state index contributed by atoms with van der Waals surface area (Å²) in [5.41, 5.74) is 2.50. The topological polar surface area (TPSA) is 44.0 Å². The van der Waals surface area contributed by atoms with E-state index in [1.54, 1.807) is 43.3 Å². The second-order valence-corrected chi connectivity index (χ2v) is 3.33. The monoisotopic (exact) mass is 211 g/mol. The maximum Gasteiger partial charge on any atom is 0.115 e. The Bertz CT molecular complexity index is 472. The number of hydrogen-bond acceptors (Lipinski definition) is 2. The molecule has 0 radical (unpaired) electrons. The van der Waals surface area contributed by atoms with Gasteiger partial charge in [-0.05, 0) is 36.3 Å². The van der Waals surface area contributed by atoms with E-state index in [1.165, 1.54) is 0 Å². The predicted molar refractivity (Wildman–Crippen MR) is 65.7 cm³/mol. The molecular formula is C14H13NO. The summed E-state index contributed by atoms with van der Waals surface area (Å²) >= 11 is 0. The summed E-state index contributed by atoms with van der Waals surface area (Å²) in [6.07, 6.45) is 5.29. The minimum atomic E-state index is 0.232. The summed E-state index contributed by atoms with van der Waals surface area (Å²) in [4.78, 5) is 0. The third-order valence-corrected chi connectivity index (χ3v) is 2.11. The largest absolute Gasteiger partial charge is 0.508 e. The number of benzene rings is 1. The lowest BCUT2D eigenvalue weighted by Crippen LogP contribution is -1.79. The van der Waals surface area contributed by atoms with Crippen LogP contribution in [0.25, 0.3) is 5.57 Å². The molecule has 1 rings (SSSR count). The first-order valence-corrected chi connectivity index (χ1v) is 4.88. The van der Waals surface area contributed by atoms with Gasteiger partial charge in [0.15, 0.2) is 0 Å². The summed E-state index contributed by atoms with van der Waals surface area (Å²) in [5, 5.41) is 17.8. The third kappa shape index (κ3) is 3.14. The van der Waals surface area contributed by atoms with Crippen molar-refractivity contribution in [2.45, 2.75) is 6.92 Å². The Balaban J connectivity index is 3.04. The molecule has 0 fully saturated rings. The second-order valence-electron chi connectivity index (χ2n) is 3.33. The van der Waals surface area contributed by atoms with Crippen LogP contribution < -0.4 is 0 Å². The summed E-state index contributed by atoms with van der Waals surface area (Å²) < 4.78 is 0. The molecule has 1 N–H and O–H groups in total. The number of rotatable bonds is 3. The molecule has 1 aromatic rings. The first-order valence-electron chi connectivity index (χ1n) is 4.88. The van der Waals surface area contributed by atoms with Crippen molar-refractivity contribution in [3.63, 3.8) is 0 Å². The Morgan fingerprint density at radius 3 is 2.44 bits per heavy atom. The van der Waals surface area contributed by atoms with Gasteiger partial charge in [0.2, 0.25) is 0 Å². The van der Waals surface area contributed by atoms with Crippen molar-refractivity contribution < 1.29 is 5.11 Å². The number of hydrogen-bond donors (Lipinski definition) is 1. The van der Waals surface area contributed by atoms with Gasteiger partial charge in [-0.3, -0.25) is 0 Å². The van der Waals surface area contributed by atoms with Gasteiger partial charge in [-0.2, -0.15) is 5.26 Å². The molecular weight excluding hydrogens is 198 g/mol. The molecule has 0 atom stereocenters. The zero-order chi connectivity index (χ0) is 12.0. The lowest BCUT2D eigenvalue weighted by Gasteiger charge is -2.01. The first kappa shape index (κ1) is 11.8. The van der Waals surface area contributed by atoms with E-state index < -0.39 is 0 Å². The Kier molecular flexibility index (Phi) is 4.11. The average molecular weight is 211 g/mol. The summed E-state index contributed by atoms with van der Waals surface area (Å²) in [5.74, 6) is 0.232. The van der Waals surface area contributed by atoms with Crippen molar-refractivity contribution in [1.82, 2.24) is 0 Å². The SMILES string of the molecule is C=C/C(=C\C=C(/C)C#N)c1ccc(O)cc1. The molecule has 0 saturated carbocycles. The van der Waals surface area contributed by atoms with Gasteiger partial charge in [0.05, 0.1) is 6.07 Å². The maximum atomic E-state index is 9.17. The highest BCUT2D eigenvalue weighted by Gasteiger charge is 1.96. The molecule has 0 unspecified atom stereocenters. The smallest absolute Gasteiger partial charge is 0.115 e. The van der Waals surface area contributed by atoms with Crippen LogP contribution >= 0.6 is 0 Å². The highest BCUT2D eigenvalue weighted by molar-refractivity contribution is 5.75. The number of phenolic OH excluding ortho intramolecular Hbond substituents is 1. The van der Waals surface area contributed by atoms with Crippen molar-refractivity contribution >= 4 is 5.57 Å². The average Bonchev–Trinajstić information content (AvgIpc) is 2.31. The molecule has 0 amide bonds. The molecule has 0 aliphatic carbocycles. The maximum absolute atomic E-state index is 9.17. The van der Waals surface area contributed by atoms with Crippen molar-refractivity contribution in [3.05, 3.63) is 60.2 Å². The number of phenols is 1. The molecule has 0 saturated heterocycles. The quantitative estimate of drug-likeness (QED) is 0.614. The number of nitrogens with zero attached hydrogens (tertiary/aromatic N) is 1. The van der Waals surface area contributed by atoms with Gasteiger partial charge >= 0.3 is 0 Å². The van der Waals surface area contributed by atoms with Gasteiger partial charge in [0.25, 0.3) is 0 Å². The van der Waals surface area contributed by atoms with Crippen LogP contribution in [0.1, 0.15) is 12.5 Å². The van der Waals surface area contributed by atoms with E-state index in [0.717, 1.165) is 11.1 Å². The van der Waals surface area contributed by atoms with Crippen LogP contribution in [-0.2, 0) is 0 Å². The van der Waals surface area contributed by atoms with Crippen molar-refractivity contribution in [1.29, 1.82) is 5.26 Å². The van der Waals surface area contributed by atoms with E-state index in [9.17, 15) is 0 Å². The standard InChI is InChI=1S/C14H13NO/c1-3-12(5-4-11(2)10-15)13-6-8-14(16)9-7-13/h3-9,16H,1H2,2H3/b11-4+,12-5+. The Morgan fingerprint density at radius 1 is 1.31 bits per heavy atom. The minimum absolute atomic E-state index is 0.232. The molecule has 0 aliphatic heterocycles. The van der Waals surface area contributed by atoms with Gasteiger partial charge in [0, 0.05) is 5.57 Å². The molecule has 2 heteroatoms. The van der Waals surface area contributed by atoms with Crippen LogP contribution in [0.5, 0.6) is 5.75 Å². The van der Waals surface area contributed by atoms with E-state index in [0.29, 0.717) is 5.57 Å². The van der Waals surface area contributed by atoms with Gasteiger partial charge < -0.3 is 5.11 Å². The summed E-state index contributed by atoms with van der Waals surface area (Å²) in [6, 6.07) is 8.89. The molecule has 1 aromatic carbocycles. The molecule has 2 nitrogen and oxygen atoms in total. The fourth-order valence-corrected chi connectivity index (χ4v) is 1.19. The van der Waals surface area contributed by atoms with E-state index in [-0.39, 0.29) is 5.75 Å². The van der Waals surface area contributed by atoms with Crippen LogP contribution in [0.4, 0.5) is 0 Å². The lowest BCUT2D eigenvalue weighted by atomic mass is 10.0. The van der Waals surface area contributed by atoms with E-state index in [2.05, 4.69) is 6.58 Å². The van der Waals surface area contributed by atoms with Crippen molar-refractivity contribution in [2.75, 3.05) is 0 Å². The minimum Gasteiger partial charge on any atom is -0.508 e. The molecule has 80 valence electrons. The van der Waals surface area contributed by atoms with Crippen LogP contribution in [0.2, 0.25) is 0 Å². The van der Waals surface area contributed by atoms with Crippen molar-refractivity contribution in [2.24, 2.45) is 0 Å².